The van der Waals surface area contributed by atoms with Crippen molar-refractivity contribution in [2.24, 2.45) is 0 Å². The lowest BCUT2D eigenvalue weighted by Gasteiger charge is -2.33. The molecule has 10 aromatic rings. The molecule has 22 nitrogen and oxygen atoms in total. The number of para-hydroxylation sites is 1. The van der Waals surface area contributed by atoms with Gasteiger partial charge in [0.2, 0.25) is 0 Å². The molecule has 488 valence electrons. The zero-order chi connectivity index (χ0) is 66.9. The van der Waals surface area contributed by atoms with Gasteiger partial charge in [0.15, 0.2) is 11.2 Å². The number of aromatic hydroxyl groups is 1. The first-order valence-corrected chi connectivity index (χ1v) is 32.4. The zero-order valence-electron chi connectivity index (χ0n) is 54.4. The van der Waals surface area contributed by atoms with Crippen LogP contribution >= 0.6 is 0 Å². The second kappa shape index (κ2) is 25.0. The molecule has 95 heavy (non-hydrogen) atoms. The van der Waals surface area contributed by atoms with Crippen molar-refractivity contribution in [1.82, 2.24) is 49.1 Å². The van der Waals surface area contributed by atoms with Gasteiger partial charge in [-0.2, -0.15) is 5.10 Å². The monoisotopic (exact) mass is 1280 g/mol. The van der Waals surface area contributed by atoms with E-state index in [1.165, 1.54) is 0 Å². The first-order valence-electron chi connectivity index (χ1n) is 32.4. The number of phenolic OH excluding ortho intramolecular Hbond substituents is 1. The Kier molecular flexibility index (Phi) is 16.7. The van der Waals surface area contributed by atoms with Gasteiger partial charge >= 0.3 is 11.9 Å². The van der Waals surface area contributed by atoms with E-state index in [2.05, 4.69) is 70.1 Å². The Balaban J connectivity index is 0.000000133. The number of carbonyl (C=O) groups excluding carboxylic acids is 3. The topological polar surface area (TPSA) is 282 Å². The Morgan fingerprint density at radius 2 is 1.38 bits per heavy atom. The predicted octanol–water partition coefficient (Wildman–Crippen LogP) is 8.74. The number of fused-ring (bicyclic) bond motifs is 11. The van der Waals surface area contributed by atoms with E-state index in [0.717, 1.165) is 122 Å². The molecule has 12 heterocycles. The van der Waals surface area contributed by atoms with Gasteiger partial charge in [-0.15, -0.1) is 0 Å². The molecule has 0 saturated carbocycles. The Bertz CT molecular complexity index is 5000. The molecule has 0 unspecified atom stereocenters. The predicted molar refractivity (Wildman–Crippen MR) is 360 cm³/mol. The first kappa shape index (κ1) is 63.6. The van der Waals surface area contributed by atoms with Gasteiger partial charge in [0.1, 0.15) is 24.8 Å². The summed E-state index contributed by atoms with van der Waals surface area (Å²) in [6.45, 7) is 18.1. The number of aromatic nitrogens is 8. The van der Waals surface area contributed by atoms with E-state index in [-0.39, 0.29) is 67.0 Å². The van der Waals surface area contributed by atoms with Crippen molar-refractivity contribution >= 4 is 56.4 Å². The van der Waals surface area contributed by atoms with E-state index >= 15 is 0 Å². The highest BCUT2D eigenvalue weighted by Gasteiger charge is 2.47. The molecule has 0 aliphatic carbocycles. The number of aromatic amines is 1. The van der Waals surface area contributed by atoms with Crippen LogP contribution in [0, 0.1) is 6.92 Å². The lowest BCUT2D eigenvalue weighted by molar-refractivity contribution is -0.172. The molecule has 2 atom stereocenters. The second-order valence-electron chi connectivity index (χ2n) is 25.4. The highest BCUT2D eigenvalue weighted by molar-refractivity contribution is 6.08. The fourth-order valence-corrected chi connectivity index (χ4v) is 13.9. The standard InChI is InChI=1S/C31H39N7O2.C22H20N2O5.C20H16N2O4/c1-6-7-23-14-21(4)35-31(40)26(23)18-33-30(39)25-15-24(16-28-27(25)19-34-38(28)20(2)3)22-8-9-32-29(17-22)37-12-10-36(5)11-13-37;1-3-12-13-7-11(25)5-6-17(13)23-19-14(12)9-24-18(19)8-16-15(20(24)26)10-29-21(27)22(16,28)4-2;1-2-20(25)14-8-16-17-12(7-11-5-3-4-6-15(11)21-17)9-22(16)18(23)13(14)10-26-19(20)24/h8-9,14-17,19-20H,6-7,10-13,18H2,1-5H3,(H,33,39)(H,35,40);5-8,25,28H,3-4,9-10H2,1-2H3;3-8,25H,2,9-10H2,1H3/t;22-;20-/m.00/s1. The maximum Gasteiger partial charge on any atom is 0.343 e. The molecule has 0 radical (unpaired) electrons. The summed E-state index contributed by atoms with van der Waals surface area (Å²) in [6.07, 6.45) is 6.27. The maximum absolute atomic E-state index is 13.7. The number of rotatable bonds is 11. The number of piperazine rings is 1. The number of aliphatic hydroxyl groups is 2. The van der Waals surface area contributed by atoms with E-state index in [0.29, 0.717) is 70.0 Å². The normalized spacial score (nSPS) is 17.6. The molecule has 1 saturated heterocycles. The summed E-state index contributed by atoms with van der Waals surface area (Å²) in [4.78, 5) is 98.7. The average molecular weight is 1280 g/mol. The van der Waals surface area contributed by atoms with Crippen LogP contribution in [0.3, 0.4) is 0 Å². The van der Waals surface area contributed by atoms with E-state index < -0.39 is 23.1 Å². The summed E-state index contributed by atoms with van der Waals surface area (Å²) in [5, 5.41) is 42.0. The number of amides is 1. The number of cyclic esters (lactones) is 2. The molecule has 0 spiro atoms. The SMILES string of the molecule is CCCc1cc(C)[nH]c(=O)c1CNC(=O)c1cc(-c2ccnc(N3CCN(C)CC3)c2)cc2c1cnn2C(C)C.CC[C@@]1(O)C(=O)OCc2c1cc1n(c2=O)Cc2cc3ccccc3nc2-1.CCc1c2c(nc3ccc(O)cc13)-c1cc3c(c(=O)n1C2)COC(=O)[C@]3(O)CC. The van der Waals surface area contributed by atoms with Crippen LogP contribution in [0.25, 0.3) is 66.6 Å². The number of hydrogen-bond acceptors (Lipinski definition) is 17. The molecular formula is C73H75N11O11. The Morgan fingerprint density at radius 3 is 2.04 bits per heavy atom. The van der Waals surface area contributed by atoms with Gasteiger partial charge in [0.25, 0.3) is 22.6 Å². The average Bonchev–Trinajstić information content (AvgIpc) is 1.64. The molecule has 5 aliphatic rings. The molecule has 1 amide bonds. The second-order valence-corrected chi connectivity index (χ2v) is 25.4. The Labute approximate surface area is 546 Å². The third-order valence-corrected chi connectivity index (χ3v) is 19.2. The van der Waals surface area contributed by atoms with Crippen molar-refractivity contribution < 1.29 is 39.2 Å². The van der Waals surface area contributed by atoms with Crippen LogP contribution in [0.1, 0.15) is 133 Å². The molecule has 1 fully saturated rings. The fourth-order valence-electron chi connectivity index (χ4n) is 13.9. The highest BCUT2D eigenvalue weighted by Crippen LogP contribution is 2.42. The number of likely N-dealkylation sites (N-methyl/N-ethyl adjacent to an activating group) is 1. The number of nitrogens with zero attached hydrogens (tertiary/aromatic N) is 9. The molecule has 5 N–H and O–H groups in total. The summed E-state index contributed by atoms with van der Waals surface area (Å²) in [6, 6.07) is 28.6. The van der Waals surface area contributed by atoms with Gasteiger partial charge in [-0.05, 0) is 149 Å². The number of anilines is 1. The first-order chi connectivity index (χ1) is 45.7. The van der Waals surface area contributed by atoms with E-state index in [1.807, 2.05) is 73.3 Å². The van der Waals surface area contributed by atoms with Crippen LogP contribution in [-0.4, -0.2) is 110 Å². The summed E-state index contributed by atoms with van der Waals surface area (Å²) in [5.74, 6) is -0.560. The lowest BCUT2D eigenvalue weighted by atomic mass is 9.86. The number of ether oxygens (including phenoxy) is 2. The van der Waals surface area contributed by atoms with Gasteiger partial charge in [-0.1, -0.05) is 52.3 Å². The third-order valence-electron chi connectivity index (χ3n) is 19.2. The summed E-state index contributed by atoms with van der Waals surface area (Å²) in [7, 11) is 2.14. The minimum atomic E-state index is -1.83. The number of carbonyl (C=O) groups is 3. The van der Waals surface area contributed by atoms with Gasteiger partial charge in [-0.3, -0.25) is 23.9 Å². The van der Waals surface area contributed by atoms with Gasteiger partial charge in [0.05, 0.1) is 75.3 Å². The van der Waals surface area contributed by atoms with Gasteiger partial charge in [-0.25, -0.2) is 24.5 Å². The fraction of sp³-hybridized carbons (Fsp3) is 0.342. The minimum absolute atomic E-state index is 0.110. The van der Waals surface area contributed by atoms with Gasteiger partial charge in [0, 0.05) is 94.6 Å². The Morgan fingerprint density at radius 1 is 0.716 bits per heavy atom. The molecule has 22 heteroatoms. The Hall–Kier alpha value is -10.2. The molecule has 0 bridgehead atoms. The minimum Gasteiger partial charge on any atom is -0.508 e. The summed E-state index contributed by atoms with van der Waals surface area (Å²) < 4.78 is 15.4. The van der Waals surface area contributed by atoms with E-state index in [1.54, 1.807) is 59.5 Å². The number of esters is 2. The van der Waals surface area contributed by atoms with Crippen molar-refractivity contribution in [3.05, 3.63) is 196 Å². The molecule has 3 aromatic carbocycles. The number of phenols is 1. The van der Waals surface area contributed by atoms with Crippen molar-refractivity contribution in [2.75, 3.05) is 38.1 Å². The smallest absolute Gasteiger partial charge is 0.343 e. The summed E-state index contributed by atoms with van der Waals surface area (Å²) >= 11 is 0. The van der Waals surface area contributed by atoms with Crippen molar-refractivity contribution in [3.8, 4) is 39.7 Å². The summed E-state index contributed by atoms with van der Waals surface area (Å²) in [5.41, 5.74) is 9.90. The van der Waals surface area contributed by atoms with Crippen LogP contribution in [0.4, 0.5) is 5.82 Å². The number of nitrogens with one attached hydrogen (secondary N) is 2. The van der Waals surface area contributed by atoms with Crippen molar-refractivity contribution in [1.29, 1.82) is 0 Å². The van der Waals surface area contributed by atoms with Crippen LogP contribution < -0.4 is 26.9 Å². The lowest BCUT2D eigenvalue weighted by Crippen LogP contribution is -2.44. The largest absolute Gasteiger partial charge is 0.508 e. The van der Waals surface area contributed by atoms with Crippen molar-refractivity contribution in [2.45, 2.75) is 131 Å². The number of benzene rings is 3. The highest BCUT2D eigenvalue weighted by atomic mass is 16.6. The van der Waals surface area contributed by atoms with E-state index in [4.69, 9.17) is 19.4 Å². The number of pyridine rings is 6. The number of hydrogen-bond donors (Lipinski definition) is 5. The quantitative estimate of drug-likeness (QED) is 0.0757. The van der Waals surface area contributed by atoms with E-state index in [9.17, 15) is 44.1 Å². The molecule has 7 aromatic heterocycles. The molecule has 5 aliphatic heterocycles. The van der Waals surface area contributed by atoms with Crippen LogP contribution in [0.5, 0.6) is 5.75 Å². The number of aryl methyl sites for hydroxylation is 3. The van der Waals surface area contributed by atoms with Crippen LogP contribution in [-0.2, 0) is 76.0 Å². The zero-order valence-corrected chi connectivity index (χ0v) is 54.4. The molecular weight excluding hydrogens is 1210 g/mol. The number of H-pyrrole nitrogens is 1. The van der Waals surface area contributed by atoms with Gasteiger partial charge < -0.3 is 54.0 Å². The van der Waals surface area contributed by atoms with Crippen LogP contribution in [0.2, 0.25) is 0 Å². The van der Waals surface area contributed by atoms with Crippen molar-refractivity contribution in [3.63, 3.8) is 0 Å². The maximum atomic E-state index is 13.7. The third kappa shape index (κ3) is 11.1. The molecule has 15 rings (SSSR count). The van der Waals surface area contributed by atoms with Crippen LogP contribution in [0.15, 0.2) is 118 Å².